The maximum absolute atomic E-state index is 12.9. The van der Waals surface area contributed by atoms with E-state index < -0.39 is 29.9 Å². The molecular weight excluding hydrogens is 420 g/mol. The molecule has 0 saturated heterocycles. The van der Waals surface area contributed by atoms with Crippen molar-refractivity contribution in [3.63, 3.8) is 0 Å². The molecule has 0 saturated carbocycles. The minimum atomic E-state index is -1.09. The molecule has 2 amide bonds. The van der Waals surface area contributed by atoms with Gasteiger partial charge in [0.15, 0.2) is 0 Å². The number of methoxy groups -OCH3 is 1. The number of nitrogens with one attached hydrogen (secondary N) is 1. The van der Waals surface area contributed by atoms with E-state index in [0.29, 0.717) is 25.4 Å². The molecule has 186 valence electrons. The van der Waals surface area contributed by atoms with Crippen LogP contribution < -0.4 is 5.32 Å². The number of carbonyl (C=O) groups is 3. The molecule has 0 aliphatic heterocycles. The van der Waals surface area contributed by atoms with E-state index in [9.17, 15) is 19.5 Å². The van der Waals surface area contributed by atoms with Crippen molar-refractivity contribution < 1.29 is 24.2 Å². The fourth-order valence-electron chi connectivity index (χ4n) is 3.73. The van der Waals surface area contributed by atoms with Crippen molar-refractivity contribution in [1.29, 1.82) is 0 Å². The molecule has 7 heteroatoms. The lowest BCUT2D eigenvalue weighted by Gasteiger charge is -2.30. The molecule has 1 unspecified atom stereocenters. The van der Waals surface area contributed by atoms with E-state index in [1.54, 1.807) is 11.8 Å². The van der Waals surface area contributed by atoms with E-state index in [4.69, 9.17) is 4.74 Å². The molecule has 0 aliphatic carbocycles. The van der Waals surface area contributed by atoms with E-state index in [1.807, 2.05) is 37.3 Å². The Bertz CT molecular complexity index is 725. The second kappa shape index (κ2) is 15.4. The summed E-state index contributed by atoms with van der Waals surface area (Å²) >= 11 is 0. The van der Waals surface area contributed by atoms with Crippen LogP contribution >= 0.6 is 0 Å². The molecule has 0 spiro atoms. The third-order valence-corrected chi connectivity index (χ3v) is 6.20. The Balaban J connectivity index is 2.75. The number of hydrogen-bond donors (Lipinski definition) is 2. The highest BCUT2D eigenvalue weighted by Crippen LogP contribution is 2.15. The first-order valence-corrected chi connectivity index (χ1v) is 12.1. The molecule has 1 aromatic carbocycles. The minimum Gasteiger partial charge on any atom is -0.480 e. The Kier molecular flexibility index (Phi) is 13.4. The zero-order valence-electron chi connectivity index (χ0n) is 20.9. The first-order valence-electron chi connectivity index (χ1n) is 12.1. The first kappa shape index (κ1) is 28.6. The number of hydrogen-bond acceptors (Lipinski definition) is 4. The lowest BCUT2D eigenvalue weighted by molar-refractivity contribution is -0.143. The van der Waals surface area contributed by atoms with Gasteiger partial charge in [0.2, 0.25) is 11.8 Å². The van der Waals surface area contributed by atoms with Crippen molar-refractivity contribution in [2.45, 2.75) is 78.4 Å². The summed E-state index contributed by atoms with van der Waals surface area (Å²) in [7, 11) is 1.52. The molecule has 1 rings (SSSR count). The van der Waals surface area contributed by atoms with Gasteiger partial charge in [0.05, 0.1) is 12.0 Å². The lowest BCUT2D eigenvalue weighted by Crippen LogP contribution is -2.49. The maximum atomic E-state index is 12.9. The number of amides is 2. The monoisotopic (exact) mass is 462 g/mol. The highest BCUT2D eigenvalue weighted by Gasteiger charge is 2.30. The summed E-state index contributed by atoms with van der Waals surface area (Å²) in [6.45, 7) is 8.97. The molecule has 7 nitrogen and oxygen atoms in total. The zero-order valence-corrected chi connectivity index (χ0v) is 20.9. The average Bonchev–Trinajstić information content (AvgIpc) is 2.81. The third-order valence-electron chi connectivity index (χ3n) is 6.20. The van der Waals surface area contributed by atoms with Crippen LogP contribution in [0.2, 0.25) is 0 Å². The van der Waals surface area contributed by atoms with Gasteiger partial charge in [0, 0.05) is 33.0 Å². The van der Waals surface area contributed by atoms with Crippen LogP contribution in [0.5, 0.6) is 0 Å². The van der Waals surface area contributed by atoms with Gasteiger partial charge in [-0.3, -0.25) is 9.59 Å². The Hall–Kier alpha value is -2.41. The van der Waals surface area contributed by atoms with Crippen LogP contribution in [0.25, 0.3) is 0 Å². The average molecular weight is 463 g/mol. The number of carboxylic acid groups (broad SMARTS) is 1. The highest BCUT2D eigenvalue weighted by atomic mass is 16.5. The highest BCUT2D eigenvalue weighted by molar-refractivity contribution is 5.85. The minimum absolute atomic E-state index is 0.0716. The molecule has 0 aromatic heterocycles. The van der Waals surface area contributed by atoms with Gasteiger partial charge in [-0.05, 0) is 24.3 Å². The third kappa shape index (κ3) is 10.4. The number of nitrogens with zero attached hydrogens (tertiary/aromatic N) is 1. The second-order valence-corrected chi connectivity index (χ2v) is 8.90. The molecule has 1 aromatic rings. The number of carbonyl (C=O) groups excluding carboxylic acids is 2. The quantitative estimate of drug-likeness (QED) is 0.388. The Morgan fingerprint density at radius 1 is 1.12 bits per heavy atom. The normalized spacial score (nSPS) is 14.7. The summed E-state index contributed by atoms with van der Waals surface area (Å²) in [5.41, 5.74) is 0.832. The molecule has 0 radical (unpaired) electrons. The number of rotatable bonds is 16. The van der Waals surface area contributed by atoms with E-state index in [-0.39, 0.29) is 12.3 Å². The topological polar surface area (TPSA) is 95.9 Å². The largest absolute Gasteiger partial charge is 0.480 e. The zero-order chi connectivity index (χ0) is 24.8. The van der Waals surface area contributed by atoms with Crippen molar-refractivity contribution in [3.8, 4) is 0 Å². The Morgan fingerprint density at radius 3 is 2.33 bits per heavy atom. The van der Waals surface area contributed by atoms with E-state index in [0.717, 1.165) is 31.2 Å². The van der Waals surface area contributed by atoms with E-state index >= 15 is 0 Å². The summed E-state index contributed by atoms with van der Waals surface area (Å²) in [4.78, 5) is 39.2. The molecule has 0 fully saturated rings. The van der Waals surface area contributed by atoms with Crippen LogP contribution in [0.4, 0.5) is 0 Å². The second-order valence-electron chi connectivity index (χ2n) is 8.90. The van der Waals surface area contributed by atoms with Gasteiger partial charge in [0.1, 0.15) is 6.04 Å². The number of carboxylic acids is 1. The summed E-state index contributed by atoms with van der Waals surface area (Å²) in [5.74, 6) is -1.42. The number of benzene rings is 1. The van der Waals surface area contributed by atoms with Crippen LogP contribution in [-0.4, -0.2) is 60.1 Å². The van der Waals surface area contributed by atoms with Crippen LogP contribution in [0.1, 0.15) is 65.4 Å². The molecule has 2 N–H and O–H groups in total. The molecule has 4 atom stereocenters. The van der Waals surface area contributed by atoms with Crippen molar-refractivity contribution in [2.75, 3.05) is 20.2 Å². The molecule has 33 heavy (non-hydrogen) atoms. The number of aliphatic carboxylic acids is 1. The van der Waals surface area contributed by atoms with Gasteiger partial charge in [-0.15, -0.1) is 0 Å². The summed E-state index contributed by atoms with van der Waals surface area (Å²) in [5, 5.41) is 12.2. The SMILES string of the molecule is CCCN(C[C@H](OC)C(C)C(=O)N[C@@H](Cc1ccccc1)C(=O)O)C(=O)CCC[C@@H](C)CC. The molecule has 0 aliphatic rings. The summed E-state index contributed by atoms with van der Waals surface area (Å²) in [6, 6.07) is 8.16. The maximum Gasteiger partial charge on any atom is 0.326 e. The molecule has 0 heterocycles. The molecular formula is C26H42N2O5. The summed E-state index contributed by atoms with van der Waals surface area (Å²) in [6.07, 6.45) is 3.94. The van der Waals surface area contributed by atoms with Crippen LogP contribution in [0.3, 0.4) is 0 Å². The predicted molar refractivity (Wildman–Crippen MR) is 130 cm³/mol. The predicted octanol–water partition coefficient (Wildman–Crippen LogP) is 3.90. The fourth-order valence-corrected chi connectivity index (χ4v) is 3.73. The smallest absolute Gasteiger partial charge is 0.326 e. The van der Waals surface area contributed by atoms with Crippen LogP contribution in [0, 0.1) is 11.8 Å². The fraction of sp³-hybridized carbons (Fsp3) is 0.654. The van der Waals surface area contributed by atoms with E-state index in [1.165, 1.54) is 7.11 Å². The van der Waals surface area contributed by atoms with Crippen molar-refractivity contribution in [2.24, 2.45) is 11.8 Å². The lowest BCUT2D eigenvalue weighted by atomic mass is 9.99. The Labute approximate surface area is 198 Å². The number of ether oxygens (including phenoxy) is 1. The first-order chi connectivity index (χ1) is 15.7. The van der Waals surface area contributed by atoms with Gasteiger partial charge in [-0.1, -0.05) is 70.9 Å². The van der Waals surface area contributed by atoms with Gasteiger partial charge in [-0.25, -0.2) is 4.79 Å². The standard InChI is InChI=1S/C26H42N2O5/c1-6-16-28(24(29)15-11-12-19(3)7-2)18-23(33-5)20(4)25(30)27-22(26(31)32)17-21-13-9-8-10-14-21/h8-10,13-14,19-20,22-23H,6-7,11-12,15-18H2,1-5H3,(H,27,30)(H,31,32)/t19-,20?,22-,23-/m0/s1. The molecule has 0 bridgehead atoms. The van der Waals surface area contributed by atoms with Crippen molar-refractivity contribution in [3.05, 3.63) is 35.9 Å². The van der Waals surface area contributed by atoms with Gasteiger partial charge < -0.3 is 20.1 Å². The Morgan fingerprint density at radius 2 is 1.79 bits per heavy atom. The van der Waals surface area contributed by atoms with Crippen molar-refractivity contribution >= 4 is 17.8 Å². The van der Waals surface area contributed by atoms with Gasteiger partial charge in [-0.2, -0.15) is 0 Å². The van der Waals surface area contributed by atoms with Gasteiger partial charge >= 0.3 is 5.97 Å². The van der Waals surface area contributed by atoms with Gasteiger partial charge in [0.25, 0.3) is 0 Å². The summed E-state index contributed by atoms with van der Waals surface area (Å²) < 4.78 is 5.58. The van der Waals surface area contributed by atoms with E-state index in [2.05, 4.69) is 19.2 Å². The van der Waals surface area contributed by atoms with Crippen LogP contribution in [0.15, 0.2) is 30.3 Å². The van der Waals surface area contributed by atoms with Crippen molar-refractivity contribution in [1.82, 2.24) is 10.2 Å². The van der Waals surface area contributed by atoms with Crippen LogP contribution in [-0.2, 0) is 25.5 Å².